The Labute approximate surface area is 167 Å². The predicted molar refractivity (Wildman–Crippen MR) is 108 cm³/mol. The van der Waals surface area contributed by atoms with E-state index in [2.05, 4.69) is 20.6 Å². The maximum atomic E-state index is 12.5. The Bertz CT molecular complexity index is 947. The molecule has 1 amide bonds. The van der Waals surface area contributed by atoms with Crippen LogP contribution in [-0.2, 0) is 6.54 Å². The maximum Gasteiger partial charge on any atom is 0.258 e. The molecule has 7 nitrogen and oxygen atoms in total. The molecule has 28 heavy (non-hydrogen) atoms. The average Bonchev–Trinajstić information content (AvgIpc) is 2.73. The second-order valence-electron chi connectivity index (χ2n) is 5.80. The summed E-state index contributed by atoms with van der Waals surface area (Å²) < 4.78 is 10.4. The molecule has 0 unspecified atom stereocenters. The summed E-state index contributed by atoms with van der Waals surface area (Å²) in [5.41, 5.74) is 1.86. The monoisotopic (exact) mass is 398 g/mol. The first-order valence-electron chi connectivity index (χ1n) is 8.43. The number of halogens is 1. The van der Waals surface area contributed by atoms with Crippen LogP contribution in [-0.4, -0.2) is 30.1 Å². The molecule has 2 aromatic carbocycles. The minimum atomic E-state index is -0.351. The van der Waals surface area contributed by atoms with Gasteiger partial charge < -0.3 is 20.1 Å². The number of nitrogens with one attached hydrogen (secondary N) is 2. The minimum Gasteiger partial charge on any atom is -0.497 e. The first-order valence-corrected chi connectivity index (χ1v) is 8.80. The van der Waals surface area contributed by atoms with Gasteiger partial charge in [0.2, 0.25) is 5.95 Å². The fourth-order valence-corrected chi connectivity index (χ4v) is 2.55. The van der Waals surface area contributed by atoms with E-state index >= 15 is 0 Å². The van der Waals surface area contributed by atoms with E-state index < -0.39 is 0 Å². The normalized spacial score (nSPS) is 10.2. The highest BCUT2D eigenvalue weighted by Crippen LogP contribution is 2.29. The molecule has 0 saturated carbocycles. The SMILES string of the molecule is COc1ccc(OC)c(NC(=O)c2cnc(NCc3ccc(Cl)cc3)nc2)c1. The van der Waals surface area contributed by atoms with Gasteiger partial charge in [0, 0.05) is 30.0 Å². The van der Waals surface area contributed by atoms with Crippen LogP contribution in [0.25, 0.3) is 0 Å². The van der Waals surface area contributed by atoms with E-state index in [9.17, 15) is 4.79 Å². The molecule has 0 aliphatic heterocycles. The Hall–Kier alpha value is -3.32. The molecule has 0 bridgehead atoms. The van der Waals surface area contributed by atoms with Gasteiger partial charge in [-0.05, 0) is 29.8 Å². The largest absolute Gasteiger partial charge is 0.497 e. The van der Waals surface area contributed by atoms with E-state index in [4.69, 9.17) is 21.1 Å². The molecule has 0 atom stereocenters. The number of benzene rings is 2. The van der Waals surface area contributed by atoms with E-state index in [1.54, 1.807) is 25.3 Å². The molecule has 1 heterocycles. The Morgan fingerprint density at radius 1 is 1.04 bits per heavy atom. The molecule has 0 radical (unpaired) electrons. The zero-order chi connectivity index (χ0) is 19.9. The summed E-state index contributed by atoms with van der Waals surface area (Å²) in [6.45, 7) is 0.545. The Balaban J connectivity index is 1.64. The van der Waals surface area contributed by atoms with Crippen LogP contribution < -0.4 is 20.1 Å². The fourth-order valence-electron chi connectivity index (χ4n) is 2.43. The second kappa shape index (κ2) is 9.05. The lowest BCUT2D eigenvalue weighted by Crippen LogP contribution is -2.14. The number of hydrogen-bond donors (Lipinski definition) is 2. The molecule has 0 aliphatic rings. The van der Waals surface area contributed by atoms with Crippen molar-refractivity contribution in [3.63, 3.8) is 0 Å². The number of nitrogens with zero attached hydrogens (tertiary/aromatic N) is 2. The highest BCUT2D eigenvalue weighted by atomic mass is 35.5. The lowest BCUT2D eigenvalue weighted by molar-refractivity contribution is 0.102. The van der Waals surface area contributed by atoms with E-state index in [1.807, 2.05) is 24.3 Å². The van der Waals surface area contributed by atoms with Crippen molar-refractivity contribution in [1.82, 2.24) is 9.97 Å². The van der Waals surface area contributed by atoms with Crippen LogP contribution in [0.5, 0.6) is 11.5 Å². The predicted octanol–water partition coefficient (Wildman–Crippen LogP) is 4.01. The molecule has 8 heteroatoms. The first-order chi connectivity index (χ1) is 13.6. The van der Waals surface area contributed by atoms with Gasteiger partial charge in [-0.3, -0.25) is 4.79 Å². The quantitative estimate of drug-likeness (QED) is 0.625. The third-order valence-corrected chi connectivity index (χ3v) is 4.18. The van der Waals surface area contributed by atoms with Gasteiger partial charge in [0.15, 0.2) is 0 Å². The molecule has 3 rings (SSSR count). The van der Waals surface area contributed by atoms with Gasteiger partial charge in [0.25, 0.3) is 5.91 Å². The molecule has 144 valence electrons. The van der Waals surface area contributed by atoms with Gasteiger partial charge in [0.1, 0.15) is 11.5 Å². The number of anilines is 2. The highest BCUT2D eigenvalue weighted by molar-refractivity contribution is 6.30. The number of hydrogen-bond acceptors (Lipinski definition) is 6. The van der Waals surface area contributed by atoms with Gasteiger partial charge in [-0.2, -0.15) is 0 Å². The van der Waals surface area contributed by atoms with Crippen molar-refractivity contribution in [1.29, 1.82) is 0 Å². The minimum absolute atomic E-state index is 0.321. The fraction of sp³-hybridized carbons (Fsp3) is 0.150. The first kappa shape index (κ1) is 19.4. The Morgan fingerprint density at radius 2 is 1.75 bits per heavy atom. The standard InChI is InChI=1S/C20H19ClN4O3/c1-27-16-7-8-18(28-2)17(9-16)25-19(26)14-11-23-20(24-12-14)22-10-13-3-5-15(21)6-4-13/h3-9,11-12H,10H2,1-2H3,(H,25,26)(H,22,23,24). The molecule has 0 aliphatic carbocycles. The molecule has 0 saturated heterocycles. The second-order valence-corrected chi connectivity index (χ2v) is 6.23. The van der Waals surface area contributed by atoms with Crippen LogP contribution in [0.3, 0.4) is 0 Å². The van der Waals surface area contributed by atoms with Crippen molar-refractivity contribution in [2.75, 3.05) is 24.9 Å². The van der Waals surface area contributed by atoms with Gasteiger partial charge in [0.05, 0.1) is 25.5 Å². The molecule has 0 spiro atoms. The van der Waals surface area contributed by atoms with E-state index in [0.29, 0.717) is 40.3 Å². The topological polar surface area (TPSA) is 85.4 Å². The third kappa shape index (κ3) is 4.89. The van der Waals surface area contributed by atoms with Crippen molar-refractivity contribution in [3.8, 4) is 11.5 Å². The summed E-state index contributed by atoms with van der Waals surface area (Å²) in [6, 6.07) is 12.6. The zero-order valence-corrected chi connectivity index (χ0v) is 16.2. The van der Waals surface area contributed by atoms with Crippen LogP contribution in [0.15, 0.2) is 54.9 Å². The van der Waals surface area contributed by atoms with Gasteiger partial charge in [-0.25, -0.2) is 9.97 Å². The summed E-state index contributed by atoms with van der Waals surface area (Å²) >= 11 is 5.87. The van der Waals surface area contributed by atoms with Crippen LogP contribution in [0.1, 0.15) is 15.9 Å². The van der Waals surface area contributed by atoms with Crippen LogP contribution in [0.4, 0.5) is 11.6 Å². The summed E-state index contributed by atoms with van der Waals surface area (Å²) in [6.07, 6.45) is 2.92. The number of carbonyl (C=O) groups is 1. The van der Waals surface area contributed by atoms with Gasteiger partial charge in [-0.15, -0.1) is 0 Å². The number of aromatic nitrogens is 2. The summed E-state index contributed by atoms with van der Waals surface area (Å²) in [5.74, 6) is 1.20. The van der Waals surface area contributed by atoms with Crippen LogP contribution in [0, 0.1) is 0 Å². The molecule has 0 fully saturated rings. The molecular formula is C20H19ClN4O3. The molecular weight excluding hydrogens is 380 g/mol. The number of ether oxygens (including phenoxy) is 2. The number of rotatable bonds is 7. The molecule has 1 aromatic heterocycles. The van der Waals surface area contributed by atoms with Gasteiger partial charge >= 0.3 is 0 Å². The smallest absolute Gasteiger partial charge is 0.258 e. The highest BCUT2D eigenvalue weighted by Gasteiger charge is 2.12. The number of carbonyl (C=O) groups excluding carboxylic acids is 1. The summed E-state index contributed by atoms with van der Waals surface area (Å²) in [5, 5.41) is 6.56. The third-order valence-electron chi connectivity index (χ3n) is 3.93. The van der Waals surface area contributed by atoms with E-state index in [1.165, 1.54) is 19.5 Å². The van der Waals surface area contributed by atoms with Crippen LogP contribution in [0.2, 0.25) is 5.02 Å². The van der Waals surface area contributed by atoms with Crippen molar-refractivity contribution in [2.45, 2.75) is 6.54 Å². The van der Waals surface area contributed by atoms with E-state index in [-0.39, 0.29) is 5.91 Å². The van der Waals surface area contributed by atoms with Gasteiger partial charge in [-0.1, -0.05) is 23.7 Å². The molecule has 3 aromatic rings. The van der Waals surface area contributed by atoms with Crippen molar-refractivity contribution >= 4 is 29.1 Å². The molecule has 2 N–H and O–H groups in total. The van der Waals surface area contributed by atoms with Crippen LogP contribution >= 0.6 is 11.6 Å². The average molecular weight is 399 g/mol. The number of amides is 1. The summed E-state index contributed by atoms with van der Waals surface area (Å²) in [7, 11) is 3.08. The maximum absolute atomic E-state index is 12.5. The van der Waals surface area contributed by atoms with Crippen molar-refractivity contribution < 1.29 is 14.3 Å². The Morgan fingerprint density at radius 3 is 2.39 bits per heavy atom. The Kier molecular flexibility index (Phi) is 6.29. The van der Waals surface area contributed by atoms with Crippen molar-refractivity contribution in [2.24, 2.45) is 0 Å². The number of methoxy groups -OCH3 is 2. The van der Waals surface area contributed by atoms with E-state index in [0.717, 1.165) is 5.56 Å². The lowest BCUT2D eigenvalue weighted by Gasteiger charge is -2.12. The lowest BCUT2D eigenvalue weighted by atomic mass is 10.2. The zero-order valence-electron chi connectivity index (χ0n) is 15.4. The summed E-state index contributed by atoms with van der Waals surface area (Å²) in [4.78, 5) is 20.9. The van der Waals surface area contributed by atoms with Crippen molar-refractivity contribution in [3.05, 3.63) is 71.0 Å².